The standard InChI is InChI=1S/C51H79NO13.C44H69NO12.C9H7N7O2S/c1-30-16-12-11-13-17-31(2)42(61-8)28-38-21-19-36(7)51(60,65-38)48(57)49(58)52-23-15-14-18-39(52)50(59)64-43(33(4)26-37-20-22-40(53)44(27-37)62-9)29-41(54)32(3)25-35(6)46(56)47(63-10)45(55)34(5)24-30;1-10-13-31-19-25(2)18-26(3)20-37(54-8)40-38(55-9)22-28(5)44(52,57-40)41(49)42(50)45-17-12-11-14-32(45)43(51)56-39(29(6)34(47)24-35(31)48)27(4)21-30-15-16-33(46)36(23-30)53-7;1-15-4-14-7(16(17)18)9(15)19-8-5-6(11-2-10-5)12-3-13-8/h11-13,16-17,25,30,32-34,36-40,42-44,46-47,53,56,60H,14-15,18-24,26-29H2,1-10H3;10,19,21,26,28-34,36-40,46-47,52H,1,11-18,20,22-24H2,2-9H3;2-4H,1H3,(H,10,11,12,13)/b13-11+,16-12+,31-17+,35-25+;25-19+,27-21+;/t30-,32-,33-,34-,36-,37+,38+,39+,40-,42+,43+,44-,46-,47+,51-;26-,28+,29+,30-,31+,32-,33+,34-,36+,37-,38-,39+,40+,44+;/m10./s1. The molecular formula is C104H155N9O27S. The Morgan fingerprint density at radius 2 is 1.27 bits per heavy atom. The molecule has 2 aliphatic carbocycles. The first-order chi connectivity index (χ1) is 66.9. The monoisotopic (exact) mass is 1990 g/mol. The zero-order valence-corrected chi connectivity index (χ0v) is 86.5. The molecule has 4 bridgehead atoms. The number of cyclic esters (lactones) is 2. The molecule has 0 aromatic carbocycles. The number of esters is 2. The molecule has 8 aliphatic rings. The smallest absolute Gasteiger partial charge is 0.396 e. The van der Waals surface area contributed by atoms with Gasteiger partial charge in [-0.3, -0.25) is 33.6 Å². The predicted molar refractivity (Wildman–Crippen MR) is 523 cm³/mol. The topological polar surface area (TPSA) is 489 Å². The minimum Gasteiger partial charge on any atom is -0.460 e. The Balaban J connectivity index is 0.000000265. The molecule has 784 valence electrons. The third-order valence-electron chi connectivity index (χ3n) is 29.8. The van der Waals surface area contributed by atoms with Crippen molar-refractivity contribution in [3.63, 3.8) is 0 Å². The van der Waals surface area contributed by atoms with Gasteiger partial charge < -0.3 is 107 Å². The van der Waals surface area contributed by atoms with E-state index in [0.29, 0.717) is 142 Å². The lowest BCUT2D eigenvalue weighted by atomic mass is 9.78. The molecule has 9 heterocycles. The number of aliphatic hydroxyl groups excluding tert-OH is 4. The van der Waals surface area contributed by atoms with Crippen LogP contribution in [-0.2, 0) is 97.6 Å². The number of aryl methyl sites for hydroxylation is 1. The quantitative estimate of drug-likeness (QED) is 0.0175. The zero-order chi connectivity index (χ0) is 104. The van der Waals surface area contributed by atoms with E-state index in [-0.39, 0.29) is 110 Å². The van der Waals surface area contributed by atoms with E-state index in [2.05, 4.69) is 31.5 Å². The van der Waals surface area contributed by atoms with Crippen molar-refractivity contribution in [2.24, 2.45) is 72.1 Å². The fraction of sp³-hybridized carbons (Fsp3) is 0.702. The minimum absolute atomic E-state index is 0.00988. The second kappa shape index (κ2) is 54.0. The van der Waals surface area contributed by atoms with Crippen LogP contribution < -0.4 is 0 Å². The van der Waals surface area contributed by atoms with Crippen molar-refractivity contribution in [2.45, 2.75) is 350 Å². The van der Waals surface area contributed by atoms with Gasteiger partial charge in [-0.1, -0.05) is 116 Å². The number of nitrogens with zero attached hydrogens (tertiary/aromatic N) is 8. The van der Waals surface area contributed by atoms with Crippen LogP contribution in [-0.4, -0.2) is 292 Å². The number of aliphatic hydroxyl groups is 6. The van der Waals surface area contributed by atoms with E-state index < -0.39 is 173 Å². The molecule has 3 aromatic rings. The highest BCUT2D eigenvalue weighted by atomic mass is 32.2. The molecule has 141 heavy (non-hydrogen) atoms. The van der Waals surface area contributed by atoms with Crippen LogP contribution in [0, 0.1) is 75.2 Å². The number of carbonyl (C=O) groups is 9. The van der Waals surface area contributed by atoms with Crippen LogP contribution in [0.15, 0.2) is 113 Å². The Kier molecular flexibility index (Phi) is 44.4. The number of imidazole rings is 2. The molecule has 2 saturated carbocycles. The maximum absolute atomic E-state index is 14.4. The summed E-state index contributed by atoms with van der Waals surface area (Å²) in [7, 11) is 10.8. The summed E-state index contributed by atoms with van der Waals surface area (Å²) in [5, 5.41) is 79.9. The molecule has 2 amide bonds. The van der Waals surface area contributed by atoms with Crippen molar-refractivity contribution in [1.82, 2.24) is 39.3 Å². The Morgan fingerprint density at radius 1 is 0.652 bits per heavy atom. The van der Waals surface area contributed by atoms with E-state index in [0.717, 1.165) is 29.3 Å². The third kappa shape index (κ3) is 30.1. The van der Waals surface area contributed by atoms with Crippen molar-refractivity contribution < 1.29 is 126 Å². The summed E-state index contributed by atoms with van der Waals surface area (Å²) in [6.45, 7) is 25.9. The Bertz CT molecular complexity index is 4930. The number of hydrogen-bond donors (Lipinski definition) is 7. The number of H-pyrrole nitrogens is 1. The molecule has 0 radical (unpaired) electrons. The van der Waals surface area contributed by atoms with Gasteiger partial charge >= 0.3 is 17.8 Å². The fourth-order valence-electron chi connectivity index (χ4n) is 21.1. The lowest BCUT2D eigenvalue weighted by Crippen LogP contribution is -2.64. The second-order valence-electron chi connectivity index (χ2n) is 40.5. The van der Waals surface area contributed by atoms with Gasteiger partial charge in [0.2, 0.25) is 17.9 Å². The van der Waals surface area contributed by atoms with Gasteiger partial charge in [0.15, 0.2) is 16.5 Å². The van der Waals surface area contributed by atoms with Crippen LogP contribution >= 0.6 is 11.8 Å². The summed E-state index contributed by atoms with van der Waals surface area (Å²) in [6, 6.07) is -2.28. The number of nitrogens with one attached hydrogen (secondary N) is 1. The van der Waals surface area contributed by atoms with Gasteiger partial charge in [0, 0.05) is 118 Å². The van der Waals surface area contributed by atoms with Crippen molar-refractivity contribution in [1.29, 1.82) is 0 Å². The highest BCUT2D eigenvalue weighted by Gasteiger charge is 2.58. The van der Waals surface area contributed by atoms with E-state index in [1.807, 2.05) is 91.0 Å². The SMILES string of the molecule is C=CC[C@@H]1/C=C(\C)C[C@H](C)C[C@H](OC)[C@H]2O[C@@](O)(C(=O)C(=O)N3CCCC[C@H]3C(=O)O[C@H](/C(C)=C/[C@@H]3CC[C@@H](O)[C@H](OC)C3)[C@H](C)[C@@H](O)CC1=O)[C@H](C)C[C@@H]2OC.CO[C@H]1C[C@@H]2CC[C@@H](C)[C@@](O)(O2)C(=O)C(=O)N2CCCC[C@H]2C(=O)O[C@H]([C@H](C)C[C@@H]2CC[C@@H](O)[C@H](OC)C2)CC(=O)[C@H](C)/C=C(\C)[C@@H](O)[C@@H](OC)C(=O)[C@H](C)C[C@H](C)/C=C/C=C/C=C/1C.Cn1cnc([N+](=O)[O-])c1Sc1ncnc2nc[nH]c12. The molecule has 11 rings (SSSR count). The number of nitro groups is 1. The molecular weight excluding hydrogens is 1840 g/mol. The highest BCUT2D eigenvalue weighted by molar-refractivity contribution is 7.99. The summed E-state index contributed by atoms with van der Waals surface area (Å²) in [6.07, 6.45) is 20.4. The van der Waals surface area contributed by atoms with Crippen LogP contribution in [0.25, 0.3) is 11.2 Å². The molecule has 29 atom stereocenters. The Hall–Kier alpha value is -8.64. The third-order valence-corrected chi connectivity index (χ3v) is 30.9. The number of carbonyl (C=O) groups excluding carboxylic acids is 9. The second-order valence-corrected chi connectivity index (χ2v) is 41.5. The number of aromatic nitrogens is 6. The lowest BCUT2D eigenvalue weighted by molar-refractivity contribution is -0.392. The van der Waals surface area contributed by atoms with Crippen molar-refractivity contribution >= 4 is 81.4 Å². The highest BCUT2D eigenvalue weighted by Crippen LogP contribution is 2.44. The zero-order valence-electron chi connectivity index (χ0n) is 85.6. The summed E-state index contributed by atoms with van der Waals surface area (Å²) in [4.78, 5) is 159. The maximum atomic E-state index is 14.4. The van der Waals surface area contributed by atoms with E-state index in [1.165, 1.54) is 50.1 Å². The van der Waals surface area contributed by atoms with Gasteiger partial charge in [-0.25, -0.2) is 24.5 Å². The number of ketones is 5. The number of amides is 2. The number of Topliss-reactive ketones (excluding diaryl/α,β-unsaturated/α-hetero) is 5. The van der Waals surface area contributed by atoms with Crippen LogP contribution in [0.4, 0.5) is 5.82 Å². The van der Waals surface area contributed by atoms with Gasteiger partial charge in [-0.15, -0.1) is 6.58 Å². The summed E-state index contributed by atoms with van der Waals surface area (Å²) in [5.41, 5.74) is 4.03. The Morgan fingerprint density at radius 3 is 1.89 bits per heavy atom. The number of ether oxygens (including phenoxy) is 10. The molecule has 3 aromatic heterocycles. The molecule has 37 heteroatoms. The Labute approximate surface area is 832 Å². The molecule has 7 N–H and O–H groups in total. The number of aromatic amines is 1. The van der Waals surface area contributed by atoms with Crippen LogP contribution in [0.5, 0.6) is 0 Å². The molecule has 0 unspecified atom stereocenters. The van der Waals surface area contributed by atoms with E-state index in [4.69, 9.17) is 47.4 Å². The minimum atomic E-state index is -2.51. The summed E-state index contributed by atoms with van der Waals surface area (Å²) in [5.74, 6) is -15.9. The van der Waals surface area contributed by atoms with Gasteiger partial charge in [0.1, 0.15) is 71.0 Å². The van der Waals surface area contributed by atoms with E-state index >= 15 is 0 Å². The molecule has 36 nitrogen and oxygen atoms in total. The molecule has 6 fully saturated rings. The van der Waals surface area contributed by atoms with Crippen LogP contribution in [0.3, 0.4) is 0 Å². The number of allylic oxidation sites excluding steroid dienone is 10. The molecule has 6 aliphatic heterocycles. The first kappa shape index (κ1) is 116. The summed E-state index contributed by atoms with van der Waals surface area (Å²) < 4.78 is 60.7. The van der Waals surface area contributed by atoms with Gasteiger partial charge in [0.25, 0.3) is 23.4 Å². The van der Waals surface area contributed by atoms with Crippen molar-refractivity contribution in [3.05, 3.63) is 113 Å². The van der Waals surface area contributed by atoms with Gasteiger partial charge in [0.05, 0.1) is 61.3 Å². The van der Waals surface area contributed by atoms with Crippen LogP contribution in [0.1, 0.15) is 231 Å². The number of hydrogen-bond acceptors (Lipinski definition) is 32. The fourth-order valence-corrected chi connectivity index (χ4v) is 22.0. The number of rotatable bonds is 16. The average molecular weight is 2000 g/mol. The van der Waals surface area contributed by atoms with E-state index in [1.54, 1.807) is 79.7 Å². The van der Waals surface area contributed by atoms with Gasteiger partial charge in [-0.2, -0.15) is 0 Å². The predicted octanol–water partition coefficient (Wildman–Crippen LogP) is 12.0. The number of piperidine rings is 2. The maximum Gasteiger partial charge on any atom is 0.396 e. The normalized spacial score (nSPS) is 36.7. The first-order valence-corrected chi connectivity index (χ1v) is 50.8. The first-order valence-electron chi connectivity index (χ1n) is 50.0. The van der Waals surface area contributed by atoms with E-state index in [9.17, 15) is 83.9 Å². The lowest BCUT2D eigenvalue weighted by Gasteiger charge is -2.47. The van der Waals surface area contributed by atoms with Crippen molar-refractivity contribution in [2.75, 3.05) is 55.7 Å². The number of methoxy groups -OCH3 is 6. The van der Waals surface area contributed by atoms with Gasteiger partial charge in [-0.05, 0) is 224 Å². The average Bonchev–Trinajstić information content (AvgIpc) is 1.30. The molecule has 4 saturated heterocycles. The largest absolute Gasteiger partial charge is 0.460 e. The van der Waals surface area contributed by atoms with Crippen molar-refractivity contribution in [3.8, 4) is 0 Å². The number of fused-ring (bicyclic) bond motifs is 7. The van der Waals surface area contributed by atoms with Crippen LogP contribution in [0.2, 0.25) is 0 Å². The molecule has 0 spiro atoms. The summed E-state index contributed by atoms with van der Waals surface area (Å²) >= 11 is 1.15.